The standard InChI is InChI=1S/C10H11NO2/c1-13-10-4-2-3-9(7-10)8-11-5-6-12/h2-4,6-8H,5H2,1H3. The number of methoxy groups -OCH3 is 1. The van der Waals surface area contributed by atoms with Gasteiger partial charge in [-0.05, 0) is 17.7 Å². The fourth-order valence-electron chi connectivity index (χ4n) is 0.923. The number of hydrogen-bond donors (Lipinski definition) is 0. The third-order valence-corrected chi connectivity index (χ3v) is 1.51. The lowest BCUT2D eigenvalue weighted by molar-refractivity contribution is -0.106. The lowest BCUT2D eigenvalue weighted by Crippen LogP contribution is -1.87. The summed E-state index contributed by atoms with van der Waals surface area (Å²) < 4.78 is 5.03. The highest BCUT2D eigenvalue weighted by molar-refractivity contribution is 5.81. The van der Waals surface area contributed by atoms with Crippen LogP contribution in [0.15, 0.2) is 29.3 Å². The number of nitrogens with zero attached hydrogens (tertiary/aromatic N) is 1. The predicted octanol–water partition coefficient (Wildman–Crippen LogP) is 1.31. The molecule has 0 amide bonds. The number of carbonyl (C=O) groups is 1. The maximum Gasteiger partial charge on any atom is 0.141 e. The number of ether oxygens (including phenoxy) is 1. The smallest absolute Gasteiger partial charge is 0.141 e. The summed E-state index contributed by atoms with van der Waals surface area (Å²) >= 11 is 0. The van der Waals surface area contributed by atoms with Crippen molar-refractivity contribution in [1.82, 2.24) is 0 Å². The fourth-order valence-corrected chi connectivity index (χ4v) is 0.923. The Kier molecular flexibility index (Phi) is 3.70. The van der Waals surface area contributed by atoms with E-state index in [1.54, 1.807) is 13.3 Å². The van der Waals surface area contributed by atoms with Crippen LogP contribution in [0.1, 0.15) is 5.56 Å². The molecule has 0 spiro atoms. The molecule has 0 heterocycles. The van der Waals surface area contributed by atoms with Crippen molar-refractivity contribution in [3.63, 3.8) is 0 Å². The van der Waals surface area contributed by atoms with Gasteiger partial charge in [-0.15, -0.1) is 0 Å². The zero-order chi connectivity index (χ0) is 9.52. The number of carbonyl (C=O) groups excluding carboxylic acids is 1. The Hall–Kier alpha value is -1.64. The zero-order valence-electron chi connectivity index (χ0n) is 7.43. The van der Waals surface area contributed by atoms with Gasteiger partial charge < -0.3 is 9.53 Å². The van der Waals surface area contributed by atoms with Crippen molar-refractivity contribution in [2.24, 2.45) is 4.99 Å². The normalized spacial score (nSPS) is 10.2. The molecule has 1 aromatic carbocycles. The Morgan fingerprint density at radius 1 is 1.54 bits per heavy atom. The second kappa shape index (κ2) is 5.09. The molecule has 3 nitrogen and oxygen atoms in total. The van der Waals surface area contributed by atoms with Gasteiger partial charge in [-0.25, -0.2) is 0 Å². The second-order valence-electron chi connectivity index (χ2n) is 2.44. The van der Waals surface area contributed by atoms with Gasteiger partial charge in [0, 0.05) is 6.21 Å². The molecule has 0 bridgehead atoms. The highest BCUT2D eigenvalue weighted by atomic mass is 16.5. The first kappa shape index (κ1) is 9.45. The van der Waals surface area contributed by atoms with E-state index in [-0.39, 0.29) is 6.54 Å². The first-order valence-corrected chi connectivity index (χ1v) is 3.94. The molecule has 3 heteroatoms. The van der Waals surface area contributed by atoms with Crippen molar-refractivity contribution in [2.75, 3.05) is 13.7 Å². The van der Waals surface area contributed by atoms with Crippen LogP contribution in [0.3, 0.4) is 0 Å². The summed E-state index contributed by atoms with van der Waals surface area (Å²) in [5.74, 6) is 0.787. The minimum absolute atomic E-state index is 0.206. The van der Waals surface area contributed by atoms with Crippen LogP contribution in [0.2, 0.25) is 0 Å². The van der Waals surface area contributed by atoms with Crippen molar-refractivity contribution in [3.8, 4) is 5.75 Å². The van der Waals surface area contributed by atoms with Gasteiger partial charge >= 0.3 is 0 Å². The van der Waals surface area contributed by atoms with E-state index in [0.29, 0.717) is 0 Å². The van der Waals surface area contributed by atoms with Crippen LogP contribution in [-0.2, 0) is 4.79 Å². The minimum Gasteiger partial charge on any atom is -0.497 e. The van der Waals surface area contributed by atoms with Crippen LogP contribution < -0.4 is 4.74 Å². The van der Waals surface area contributed by atoms with E-state index in [1.165, 1.54) is 0 Å². The lowest BCUT2D eigenvalue weighted by atomic mass is 10.2. The molecule has 0 aromatic heterocycles. The molecule has 1 aromatic rings. The Bertz CT molecular complexity index is 308. The summed E-state index contributed by atoms with van der Waals surface area (Å²) in [5.41, 5.74) is 0.932. The van der Waals surface area contributed by atoms with E-state index in [2.05, 4.69) is 4.99 Å². The highest BCUT2D eigenvalue weighted by Gasteiger charge is 1.90. The molecule has 0 aliphatic rings. The zero-order valence-corrected chi connectivity index (χ0v) is 7.43. The van der Waals surface area contributed by atoms with Gasteiger partial charge in [0.15, 0.2) is 0 Å². The van der Waals surface area contributed by atoms with E-state index >= 15 is 0 Å². The Balaban J connectivity index is 2.71. The van der Waals surface area contributed by atoms with Crippen LogP contribution in [0.5, 0.6) is 5.75 Å². The fraction of sp³-hybridized carbons (Fsp3) is 0.200. The van der Waals surface area contributed by atoms with Crippen molar-refractivity contribution in [1.29, 1.82) is 0 Å². The molecule has 0 fully saturated rings. The first-order chi connectivity index (χ1) is 6.36. The number of aldehydes is 1. The molecular formula is C10H11NO2. The third kappa shape index (κ3) is 3.07. The molecule has 0 aliphatic carbocycles. The molecule has 13 heavy (non-hydrogen) atoms. The van der Waals surface area contributed by atoms with Gasteiger partial charge in [-0.2, -0.15) is 0 Å². The predicted molar refractivity (Wildman–Crippen MR) is 51.5 cm³/mol. The van der Waals surface area contributed by atoms with Gasteiger partial charge in [0.25, 0.3) is 0 Å². The van der Waals surface area contributed by atoms with E-state index in [0.717, 1.165) is 17.6 Å². The molecule has 0 unspecified atom stereocenters. The van der Waals surface area contributed by atoms with E-state index in [4.69, 9.17) is 4.74 Å². The summed E-state index contributed by atoms with van der Waals surface area (Å²) in [4.78, 5) is 13.9. The summed E-state index contributed by atoms with van der Waals surface area (Å²) in [7, 11) is 1.61. The maximum atomic E-state index is 9.98. The molecular weight excluding hydrogens is 166 g/mol. The van der Waals surface area contributed by atoms with Gasteiger partial charge in [0.05, 0.1) is 13.7 Å². The van der Waals surface area contributed by atoms with E-state index < -0.39 is 0 Å². The Morgan fingerprint density at radius 2 is 2.38 bits per heavy atom. The molecule has 0 radical (unpaired) electrons. The highest BCUT2D eigenvalue weighted by Crippen LogP contribution is 2.10. The Labute approximate surface area is 77.1 Å². The summed E-state index contributed by atoms with van der Waals surface area (Å²) in [6.07, 6.45) is 2.41. The van der Waals surface area contributed by atoms with Crippen molar-refractivity contribution in [2.45, 2.75) is 0 Å². The molecule has 1 rings (SSSR count). The van der Waals surface area contributed by atoms with Crippen LogP contribution in [0.4, 0.5) is 0 Å². The quantitative estimate of drug-likeness (QED) is 0.513. The van der Waals surface area contributed by atoms with Crippen LogP contribution in [-0.4, -0.2) is 26.2 Å². The van der Waals surface area contributed by atoms with E-state index in [1.807, 2.05) is 24.3 Å². The van der Waals surface area contributed by atoms with Gasteiger partial charge in [0.1, 0.15) is 12.0 Å². The molecule has 68 valence electrons. The molecule has 0 N–H and O–H groups in total. The number of benzene rings is 1. The summed E-state index contributed by atoms with van der Waals surface area (Å²) in [5, 5.41) is 0. The molecule has 0 saturated heterocycles. The van der Waals surface area contributed by atoms with Gasteiger partial charge in [-0.3, -0.25) is 4.99 Å². The SMILES string of the molecule is COc1cccc(C=NCC=O)c1. The molecule has 0 saturated carbocycles. The van der Waals surface area contributed by atoms with Crippen LogP contribution >= 0.6 is 0 Å². The van der Waals surface area contributed by atoms with Crippen molar-refractivity contribution < 1.29 is 9.53 Å². The molecule has 0 aliphatic heterocycles. The topological polar surface area (TPSA) is 38.7 Å². The monoisotopic (exact) mass is 177 g/mol. The largest absolute Gasteiger partial charge is 0.497 e. The van der Waals surface area contributed by atoms with E-state index in [9.17, 15) is 4.79 Å². The maximum absolute atomic E-state index is 9.98. The Morgan fingerprint density at radius 3 is 3.08 bits per heavy atom. The third-order valence-electron chi connectivity index (χ3n) is 1.51. The van der Waals surface area contributed by atoms with Gasteiger partial charge in [-0.1, -0.05) is 12.1 Å². The molecule has 0 atom stereocenters. The van der Waals surface area contributed by atoms with Crippen LogP contribution in [0, 0.1) is 0 Å². The van der Waals surface area contributed by atoms with Crippen molar-refractivity contribution in [3.05, 3.63) is 29.8 Å². The number of rotatable bonds is 4. The number of hydrogen-bond acceptors (Lipinski definition) is 3. The van der Waals surface area contributed by atoms with Gasteiger partial charge in [0.2, 0.25) is 0 Å². The number of aliphatic imine (C=N–C) groups is 1. The summed E-state index contributed by atoms with van der Waals surface area (Å²) in [6, 6.07) is 7.49. The lowest BCUT2D eigenvalue weighted by Gasteiger charge is -1.98. The minimum atomic E-state index is 0.206. The average molecular weight is 177 g/mol. The summed E-state index contributed by atoms with van der Waals surface area (Å²) in [6.45, 7) is 0.206. The first-order valence-electron chi connectivity index (χ1n) is 3.94. The second-order valence-corrected chi connectivity index (χ2v) is 2.44. The van der Waals surface area contributed by atoms with Crippen molar-refractivity contribution >= 4 is 12.5 Å². The average Bonchev–Trinajstić information content (AvgIpc) is 2.19. The van der Waals surface area contributed by atoms with Crippen LogP contribution in [0.25, 0.3) is 0 Å².